The number of rotatable bonds is 6. The second kappa shape index (κ2) is 7.08. The van der Waals surface area contributed by atoms with Gasteiger partial charge in [0.2, 0.25) is 0 Å². The number of aliphatic carboxylic acids is 1. The average molecular weight is 297 g/mol. The van der Waals surface area contributed by atoms with Crippen LogP contribution in [0.15, 0.2) is 18.2 Å². The van der Waals surface area contributed by atoms with Gasteiger partial charge in [-0.05, 0) is 12.5 Å². The van der Waals surface area contributed by atoms with E-state index in [0.29, 0.717) is 0 Å². The molecule has 3 N–H and O–H groups in total. The molecule has 1 atom stereocenters. The zero-order valence-electron chi connectivity index (χ0n) is 11.5. The summed E-state index contributed by atoms with van der Waals surface area (Å²) in [6.45, 7) is 1.60. The molecule has 1 rings (SSSR count). The van der Waals surface area contributed by atoms with E-state index in [2.05, 4.69) is 10.6 Å². The minimum absolute atomic E-state index is 0.0736. The molecular formula is C12H15N3O6. The van der Waals surface area contributed by atoms with Crippen LogP contribution in [0.3, 0.4) is 0 Å². The lowest BCUT2D eigenvalue weighted by molar-refractivity contribution is -0.384. The third-order valence-electron chi connectivity index (χ3n) is 2.65. The molecule has 0 radical (unpaired) electrons. The van der Waals surface area contributed by atoms with Gasteiger partial charge in [-0.15, -0.1) is 0 Å². The number of hydrogen-bond acceptors (Lipinski definition) is 5. The van der Waals surface area contributed by atoms with E-state index in [4.69, 9.17) is 9.84 Å². The number of nitro groups is 1. The Hall–Kier alpha value is -2.84. The summed E-state index contributed by atoms with van der Waals surface area (Å²) in [6.07, 6.45) is 0.203. The number of non-ortho nitro benzene ring substituents is 1. The van der Waals surface area contributed by atoms with E-state index in [-0.39, 0.29) is 23.5 Å². The molecule has 9 nitrogen and oxygen atoms in total. The number of methoxy groups -OCH3 is 1. The van der Waals surface area contributed by atoms with Gasteiger partial charge in [-0.25, -0.2) is 9.59 Å². The van der Waals surface area contributed by atoms with E-state index in [1.54, 1.807) is 6.92 Å². The number of carboxylic acid groups (broad SMARTS) is 1. The molecule has 1 aromatic carbocycles. The first-order valence-corrected chi connectivity index (χ1v) is 6.01. The number of anilines is 1. The number of carbonyl (C=O) groups is 2. The van der Waals surface area contributed by atoms with Crippen molar-refractivity contribution in [2.45, 2.75) is 19.4 Å². The Morgan fingerprint density at radius 1 is 1.48 bits per heavy atom. The highest BCUT2D eigenvalue weighted by atomic mass is 16.6. The second-order valence-electron chi connectivity index (χ2n) is 4.04. The van der Waals surface area contributed by atoms with Crippen LogP contribution >= 0.6 is 0 Å². The standard InChI is InChI=1S/C12H15N3O6/c1-3-8(11(16)17)13-12(18)14-9-6-7(15(19)20)4-5-10(9)21-2/h4-6,8H,3H2,1-2H3,(H,16,17)(H2,13,14,18). The molecule has 1 unspecified atom stereocenters. The molecule has 2 amide bonds. The normalized spacial score (nSPS) is 11.3. The van der Waals surface area contributed by atoms with Crippen LogP contribution in [-0.4, -0.2) is 35.2 Å². The fourth-order valence-electron chi connectivity index (χ4n) is 1.56. The zero-order chi connectivity index (χ0) is 16.0. The Bertz CT molecular complexity index is 560. The maximum absolute atomic E-state index is 11.7. The first kappa shape index (κ1) is 16.2. The van der Waals surface area contributed by atoms with E-state index in [1.807, 2.05) is 0 Å². The molecular weight excluding hydrogens is 282 g/mol. The Labute approximate surface area is 120 Å². The largest absolute Gasteiger partial charge is 0.495 e. The van der Waals surface area contributed by atoms with Crippen molar-refractivity contribution in [1.29, 1.82) is 0 Å². The van der Waals surface area contributed by atoms with E-state index < -0.39 is 23.0 Å². The number of ether oxygens (including phenoxy) is 1. The Morgan fingerprint density at radius 2 is 2.14 bits per heavy atom. The summed E-state index contributed by atoms with van der Waals surface area (Å²) in [5, 5.41) is 24.1. The monoisotopic (exact) mass is 297 g/mol. The van der Waals surface area contributed by atoms with Crippen molar-refractivity contribution in [3.63, 3.8) is 0 Å². The molecule has 0 aliphatic heterocycles. The average Bonchev–Trinajstić information content (AvgIpc) is 2.44. The van der Waals surface area contributed by atoms with Crippen LogP contribution in [0, 0.1) is 10.1 Å². The van der Waals surface area contributed by atoms with Gasteiger partial charge in [-0.3, -0.25) is 10.1 Å². The molecule has 1 aromatic rings. The zero-order valence-corrected chi connectivity index (χ0v) is 11.5. The smallest absolute Gasteiger partial charge is 0.326 e. The summed E-state index contributed by atoms with van der Waals surface area (Å²) in [5.41, 5.74) is -0.152. The first-order chi connectivity index (χ1) is 9.88. The number of nitrogens with zero attached hydrogens (tertiary/aromatic N) is 1. The first-order valence-electron chi connectivity index (χ1n) is 6.01. The molecule has 0 fully saturated rings. The molecule has 0 heterocycles. The fraction of sp³-hybridized carbons (Fsp3) is 0.333. The van der Waals surface area contributed by atoms with Gasteiger partial charge in [-0.2, -0.15) is 0 Å². The topological polar surface area (TPSA) is 131 Å². The van der Waals surface area contributed by atoms with Gasteiger partial charge in [0, 0.05) is 12.1 Å². The van der Waals surface area contributed by atoms with Crippen LogP contribution in [0.2, 0.25) is 0 Å². The molecule has 0 aliphatic carbocycles. The number of carbonyl (C=O) groups excluding carboxylic acids is 1. The minimum atomic E-state index is -1.17. The number of carboxylic acids is 1. The van der Waals surface area contributed by atoms with Gasteiger partial charge in [-0.1, -0.05) is 6.92 Å². The van der Waals surface area contributed by atoms with Crippen LogP contribution in [0.25, 0.3) is 0 Å². The van der Waals surface area contributed by atoms with Gasteiger partial charge in [0.25, 0.3) is 5.69 Å². The molecule has 9 heteroatoms. The van der Waals surface area contributed by atoms with Crippen LogP contribution in [-0.2, 0) is 4.79 Å². The van der Waals surface area contributed by atoms with Gasteiger partial charge < -0.3 is 20.5 Å². The molecule has 0 spiro atoms. The third kappa shape index (κ3) is 4.34. The Balaban J connectivity index is 2.90. The van der Waals surface area contributed by atoms with E-state index in [0.717, 1.165) is 6.07 Å². The van der Waals surface area contributed by atoms with Gasteiger partial charge in [0.05, 0.1) is 17.7 Å². The molecule has 0 bridgehead atoms. The highest BCUT2D eigenvalue weighted by Crippen LogP contribution is 2.28. The van der Waals surface area contributed by atoms with E-state index >= 15 is 0 Å². The van der Waals surface area contributed by atoms with Crippen LogP contribution in [0.5, 0.6) is 5.75 Å². The number of amides is 2. The number of nitro benzene ring substituents is 1. The SMILES string of the molecule is CCC(NC(=O)Nc1cc([N+](=O)[O-])ccc1OC)C(=O)O. The molecule has 114 valence electrons. The predicted molar refractivity (Wildman–Crippen MR) is 73.5 cm³/mol. The fourth-order valence-corrected chi connectivity index (χ4v) is 1.56. The highest BCUT2D eigenvalue weighted by molar-refractivity contribution is 5.93. The van der Waals surface area contributed by atoms with Crippen molar-refractivity contribution < 1.29 is 24.4 Å². The van der Waals surface area contributed by atoms with Crippen molar-refractivity contribution in [1.82, 2.24) is 5.32 Å². The third-order valence-corrected chi connectivity index (χ3v) is 2.65. The molecule has 0 saturated heterocycles. The van der Waals surface area contributed by atoms with E-state index in [9.17, 15) is 19.7 Å². The van der Waals surface area contributed by atoms with Crippen molar-refractivity contribution in [2.75, 3.05) is 12.4 Å². The van der Waals surface area contributed by atoms with Crippen LogP contribution in [0.1, 0.15) is 13.3 Å². The second-order valence-corrected chi connectivity index (χ2v) is 4.04. The minimum Gasteiger partial charge on any atom is -0.495 e. The van der Waals surface area contributed by atoms with Gasteiger partial charge in [0.15, 0.2) is 0 Å². The number of hydrogen-bond donors (Lipinski definition) is 3. The molecule has 21 heavy (non-hydrogen) atoms. The summed E-state index contributed by atoms with van der Waals surface area (Å²) in [4.78, 5) is 32.6. The van der Waals surface area contributed by atoms with Gasteiger partial charge >= 0.3 is 12.0 Å². The van der Waals surface area contributed by atoms with Gasteiger partial charge in [0.1, 0.15) is 11.8 Å². The van der Waals surface area contributed by atoms with Crippen molar-refractivity contribution in [2.24, 2.45) is 0 Å². The summed E-state index contributed by atoms with van der Waals surface area (Å²) >= 11 is 0. The lowest BCUT2D eigenvalue weighted by atomic mass is 10.2. The van der Waals surface area contributed by atoms with E-state index in [1.165, 1.54) is 19.2 Å². The number of urea groups is 1. The number of nitrogens with one attached hydrogen (secondary N) is 2. The lowest BCUT2D eigenvalue weighted by Gasteiger charge is -2.14. The summed E-state index contributed by atoms with van der Waals surface area (Å²) in [6, 6.07) is 1.86. The van der Waals surface area contributed by atoms with Crippen molar-refractivity contribution in [3.05, 3.63) is 28.3 Å². The van der Waals surface area contributed by atoms with Crippen LogP contribution < -0.4 is 15.4 Å². The maximum Gasteiger partial charge on any atom is 0.326 e. The van der Waals surface area contributed by atoms with Crippen LogP contribution in [0.4, 0.5) is 16.2 Å². The lowest BCUT2D eigenvalue weighted by Crippen LogP contribution is -2.42. The Kier molecular flexibility index (Phi) is 5.47. The highest BCUT2D eigenvalue weighted by Gasteiger charge is 2.19. The summed E-state index contributed by atoms with van der Waals surface area (Å²) in [7, 11) is 1.34. The molecule has 0 aliphatic rings. The van der Waals surface area contributed by atoms with Crippen molar-refractivity contribution >= 4 is 23.4 Å². The number of benzene rings is 1. The quantitative estimate of drug-likeness (QED) is 0.539. The maximum atomic E-state index is 11.7. The Morgan fingerprint density at radius 3 is 2.62 bits per heavy atom. The predicted octanol–water partition coefficient (Wildman–Crippen LogP) is 1.59. The molecule has 0 saturated carbocycles. The summed E-state index contributed by atoms with van der Waals surface area (Å²) < 4.78 is 4.98. The molecule has 0 aromatic heterocycles. The van der Waals surface area contributed by atoms with Crippen molar-refractivity contribution in [3.8, 4) is 5.75 Å². The summed E-state index contributed by atoms with van der Waals surface area (Å²) in [5.74, 6) is -0.946.